The first-order valence-electron chi connectivity index (χ1n) is 20.9. The molecule has 66 heavy (non-hydrogen) atoms. The lowest BCUT2D eigenvalue weighted by molar-refractivity contribution is -0.146. The van der Waals surface area contributed by atoms with Crippen molar-refractivity contribution >= 4 is 35.6 Å². The number of hydrogen-bond donors (Lipinski definition) is 1. The molecule has 3 rings (SSSR count). The minimum atomic E-state index is -0.753. The number of carbonyl (C=O) groups excluding carboxylic acids is 5. The number of methoxy groups -OCH3 is 9. The van der Waals surface area contributed by atoms with E-state index in [2.05, 4.69) is 0 Å². The maximum atomic E-state index is 11.8. The summed E-state index contributed by atoms with van der Waals surface area (Å²) in [6.07, 6.45) is 3.24. The minimum Gasteiger partial charge on any atom is -0.493 e. The van der Waals surface area contributed by atoms with Crippen molar-refractivity contribution in [1.29, 1.82) is 0 Å². The first kappa shape index (κ1) is 57.3. The molecule has 0 spiro atoms. The van der Waals surface area contributed by atoms with Crippen molar-refractivity contribution in [1.82, 2.24) is 0 Å². The lowest BCUT2D eigenvalue weighted by Crippen LogP contribution is -2.16. The van der Waals surface area contributed by atoms with Crippen LogP contribution < -0.4 is 42.6 Å². The van der Waals surface area contributed by atoms with Crippen molar-refractivity contribution in [2.24, 2.45) is 0 Å². The number of Topliss-reactive ketones (excluding diaryl/α,β-unsaturated/α-hetero) is 1. The van der Waals surface area contributed by atoms with Gasteiger partial charge in [-0.15, -0.1) is 0 Å². The minimum absolute atomic E-state index is 0.0105. The lowest BCUT2D eigenvalue weighted by Gasteiger charge is -2.16. The van der Waals surface area contributed by atoms with Gasteiger partial charge in [-0.2, -0.15) is 0 Å². The Morgan fingerprint density at radius 3 is 1.35 bits per heavy atom. The molecule has 0 aliphatic heterocycles. The molecule has 18 heteroatoms. The number of ketones is 2. The number of rotatable bonds is 26. The molecule has 0 saturated carbocycles. The van der Waals surface area contributed by atoms with Crippen LogP contribution >= 0.6 is 0 Å². The highest BCUT2D eigenvalue weighted by molar-refractivity contribution is 6.04. The topological polar surface area (TPSA) is 216 Å². The molecule has 0 amide bonds. The van der Waals surface area contributed by atoms with E-state index in [1.165, 1.54) is 41.6 Å². The van der Waals surface area contributed by atoms with Gasteiger partial charge in [0.05, 0.1) is 96.3 Å². The molecule has 0 aromatic heterocycles. The van der Waals surface area contributed by atoms with Gasteiger partial charge in [0.15, 0.2) is 40.3 Å². The SMILES string of the molecule is CCOC(=O)CC(=O)/C=C/c1ccc(OC)c(OC)c1OC.CCOC(=O)CC(=O)CCc1ccc(OC)c(OC)c1OC.CCOC(=O)CC(O)CCc1ccc(OC)c(OC)c1OC. The van der Waals surface area contributed by atoms with E-state index in [1.54, 1.807) is 79.6 Å². The highest BCUT2D eigenvalue weighted by atomic mass is 16.6. The third-order valence-electron chi connectivity index (χ3n) is 9.15. The molecule has 1 N–H and O–H groups in total. The van der Waals surface area contributed by atoms with Crippen LogP contribution in [0.4, 0.5) is 0 Å². The second-order valence-corrected chi connectivity index (χ2v) is 13.4. The Bertz CT molecular complexity index is 2020. The molecule has 1 atom stereocenters. The molecule has 1 unspecified atom stereocenters. The van der Waals surface area contributed by atoms with E-state index in [-0.39, 0.29) is 50.5 Å². The number of ether oxygens (including phenoxy) is 12. The smallest absolute Gasteiger partial charge is 0.313 e. The van der Waals surface area contributed by atoms with Crippen LogP contribution in [-0.2, 0) is 51.0 Å². The highest BCUT2D eigenvalue weighted by Gasteiger charge is 2.20. The number of aliphatic hydroxyl groups is 1. The summed E-state index contributed by atoms with van der Waals surface area (Å²) in [6.45, 7) is 5.96. The Hall–Kier alpha value is -6.69. The Morgan fingerprint density at radius 1 is 0.500 bits per heavy atom. The van der Waals surface area contributed by atoms with Crippen molar-refractivity contribution in [2.75, 3.05) is 83.8 Å². The molecule has 0 fully saturated rings. The normalized spacial score (nSPS) is 10.7. The van der Waals surface area contributed by atoms with Crippen LogP contribution in [0.1, 0.15) is 69.6 Å². The second-order valence-electron chi connectivity index (χ2n) is 13.4. The molecular weight excluding hydrogens is 865 g/mol. The number of benzene rings is 3. The number of hydrogen-bond acceptors (Lipinski definition) is 18. The average molecular weight is 931 g/mol. The number of carbonyl (C=O) groups is 5. The van der Waals surface area contributed by atoms with Crippen LogP contribution in [-0.4, -0.2) is 124 Å². The van der Waals surface area contributed by atoms with Crippen LogP contribution in [0.5, 0.6) is 51.7 Å². The first-order chi connectivity index (χ1) is 31.7. The molecule has 0 bridgehead atoms. The molecular formula is C48H66O18. The summed E-state index contributed by atoms with van der Waals surface area (Å²) in [5, 5.41) is 9.90. The summed E-state index contributed by atoms with van der Waals surface area (Å²) in [5.74, 6) is 2.69. The Kier molecular flexibility index (Phi) is 27.8. The fraction of sp³-hybridized carbons (Fsp3) is 0.479. The van der Waals surface area contributed by atoms with E-state index < -0.39 is 24.0 Å². The molecule has 18 nitrogen and oxygen atoms in total. The van der Waals surface area contributed by atoms with E-state index in [0.29, 0.717) is 83.2 Å². The molecule has 3 aromatic rings. The van der Waals surface area contributed by atoms with E-state index in [1.807, 2.05) is 12.1 Å². The van der Waals surface area contributed by atoms with Crippen molar-refractivity contribution in [3.8, 4) is 51.7 Å². The van der Waals surface area contributed by atoms with Gasteiger partial charge in [-0.1, -0.05) is 12.1 Å². The Balaban J connectivity index is 0.000000495. The van der Waals surface area contributed by atoms with E-state index in [9.17, 15) is 29.1 Å². The van der Waals surface area contributed by atoms with Gasteiger partial charge in [0, 0.05) is 12.0 Å². The van der Waals surface area contributed by atoms with Crippen molar-refractivity contribution in [2.45, 2.75) is 71.8 Å². The van der Waals surface area contributed by atoms with E-state index >= 15 is 0 Å². The number of allylic oxidation sites excluding steroid dienone is 1. The molecule has 0 radical (unpaired) electrons. The average Bonchev–Trinajstić information content (AvgIpc) is 3.31. The van der Waals surface area contributed by atoms with Crippen molar-refractivity contribution in [3.05, 3.63) is 59.2 Å². The van der Waals surface area contributed by atoms with Crippen molar-refractivity contribution < 1.29 is 85.9 Å². The third-order valence-corrected chi connectivity index (χ3v) is 9.15. The van der Waals surface area contributed by atoms with Crippen LogP contribution in [0.15, 0.2) is 42.5 Å². The standard InChI is InChI=1S/C16H24O6.C16H22O6.C16H20O6/c3*1-5-22-14(18)10-12(17)8-6-11-7-9-13(19-2)16(21-4)15(11)20-3/h7,9,12,17H,5-6,8,10H2,1-4H3;7,9H,5-6,8,10H2,1-4H3;6-9H,5,10H2,1-4H3/b;;8-6+. The zero-order chi connectivity index (χ0) is 49.6. The maximum Gasteiger partial charge on any atom is 0.313 e. The van der Waals surface area contributed by atoms with E-state index in [0.717, 1.165) is 11.1 Å². The van der Waals surface area contributed by atoms with Gasteiger partial charge in [0.25, 0.3) is 0 Å². The van der Waals surface area contributed by atoms with Crippen LogP contribution in [0.25, 0.3) is 6.08 Å². The fourth-order valence-corrected chi connectivity index (χ4v) is 6.14. The Morgan fingerprint density at radius 2 is 0.909 bits per heavy atom. The van der Waals surface area contributed by atoms with Gasteiger partial charge in [-0.25, -0.2) is 0 Å². The monoisotopic (exact) mass is 930 g/mol. The van der Waals surface area contributed by atoms with Crippen LogP contribution in [0.2, 0.25) is 0 Å². The number of esters is 3. The summed E-state index contributed by atoms with van der Waals surface area (Å²) in [4.78, 5) is 57.3. The predicted molar refractivity (Wildman–Crippen MR) is 244 cm³/mol. The summed E-state index contributed by atoms with van der Waals surface area (Å²) in [7, 11) is 13.8. The lowest BCUT2D eigenvalue weighted by atomic mass is 10.0. The van der Waals surface area contributed by atoms with Gasteiger partial charge in [0.2, 0.25) is 17.2 Å². The highest BCUT2D eigenvalue weighted by Crippen LogP contribution is 2.42. The van der Waals surface area contributed by atoms with Gasteiger partial charge < -0.3 is 61.9 Å². The van der Waals surface area contributed by atoms with Gasteiger partial charge >= 0.3 is 17.9 Å². The number of aryl methyl sites for hydroxylation is 2. The molecule has 0 saturated heterocycles. The molecule has 0 aliphatic carbocycles. The number of aliphatic hydroxyl groups excluding tert-OH is 1. The summed E-state index contributed by atoms with van der Waals surface area (Å²) >= 11 is 0. The first-order valence-corrected chi connectivity index (χ1v) is 20.9. The molecule has 3 aromatic carbocycles. The Labute approximate surface area is 387 Å². The van der Waals surface area contributed by atoms with Gasteiger partial charge in [-0.3, -0.25) is 24.0 Å². The van der Waals surface area contributed by atoms with Gasteiger partial charge in [0.1, 0.15) is 18.6 Å². The molecule has 0 heterocycles. The van der Waals surface area contributed by atoms with E-state index in [4.69, 9.17) is 56.8 Å². The largest absolute Gasteiger partial charge is 0.493 e. The third kappa shape index (κ3) is 18.8. The summed E-state index contributed by atoms with van der Waals surface area (Å²) in [6, 6.07) is 10.7. The van der Waals surface area contributed by atoms with Crippen molar-refractivity contribution in [3.63, 3.8) is 0 Å². The zero-order valence-electron chi connectivity index (χ0n) is 40.2. The maximum absolute atomic E-state index is 11.8. The summed E-state index contributed by atoms with van der Waals surface area (Å²) in [5.41, 5.74) is 2.33. The fourth-order valence-electron chi connectivity index (χ4n) is 6.14. The zero-order valence-corrected chi connectivity index (χ0v) is 40.2. The molecule has 0 aliphatic rings. The predicted octanol–water partition coefficient (Wildman–Crippen LogP) is 6.37. The molecule has 366 valence electrons. The second kappa shape index (κ2) is 32.0. The quantitative estimate of drug-likeness (QED) is 0.0400. The van der Waals surface area contributed by atoms with Gasteiger partial charge in [-0.05, 0) is 87.6 Å². The van der Waals surface area contributed by atoms with Crippen LogP contribution in [0, 0.1) is 0 Å². The summed E-state index contributed by atoms with van der Waals surface area (Å²) < 4.78 is 61.8. The van der Waals surface area contributed by atoms with Crippen LogP contribution in [0.3, 0.4) is 0 Å².